The first-order valence-electron chi connectivity index (χ1n) is 8.52. The van der Waals surface area contributed by atoms with Gasteiger partial charge >= 0.3 is 0 Å². The topological polar surface area (TPSA) is 93.1 Å². The SMILES string of the molecule is CNC(=O)c1cnc(-c2ccc(F)cc2)n(CC(=O)Nc2cccc(F)c2)c1=O. The van der Waals surface area contributed by atoms with Crippen molar-refractivity contribution in [2.75, 3.05) is 12.4 Å². The number of amides is 2. The Hall–Kier alpha value is -3.88. The maximum Gasteiger partial charge on any atom is 0.267 e. The minimum absolute atomic E-state index is 0.0806. The third-order valence-corrected chi connectivity index (χ3v) is 4.03. The highest BCUT2D eigenvalue weighted by molar-refractivity contribution is 5.94. The summed E-state index contributed by atoms with van der Waals surface area (Å²) >= 11 is 0. The van der Waals surface area contributed by atoms with E-state index < -0.39 is 35.6 Å². The first kappa shape index (κ1) is 19.9. The van der Waals surface area contributed by atoms with Gasteiger partial charge in [-0.2, -0.15) is 0 Å². The van der Waals surface area contributed by atoms with Gasteiger partial charge in [0.2, 0.25) is 5.91 Å². The van der Waals surface area contributed by atoms with Gasteiger partial charge in [0, 0.05) is 24.5 Å². The third-order valence-electron chi connectivity index (χ3n) is 4.03. The first-order chi connectivity index (χ1) is 13.9. The second kappa shape index (κ2) is 8.42. The molecule has 9 heteroatoms. The Morgan fingerprint density at radius 2 is 1.79 bits per heavy atom. The lowest BCUT2D eigenvalue weighted by Gasteiger charge is -2.14. The molecule has 1 heterocycles. The van der Waals surface area contributed by atoms with Gasteiger partial charge in [-0.1, -0.05) is 6.07 Å². The second-order valence-corrected chi connectivity index (χ2v) is 6.03. The van der Waals surface area contributed by atoms with Crippen molar-refractivity contribution in [3.8, 4) is 11.4 Å². The summed E-state index contributed by atoms with van der Waals surface area (Å²) in [5.41, 5.74) is -0.405. The van der Waals surface area contributed by atoms with Gasteiger partial charge < -0.3 is 10.6 Å². The van der Waals surface area contributed by atoms with E-state index in [0.29, 0.717) is 5.56 Å². The molecule has 0 saturated heterocycles. The van der Waals surface area contributed by atoms with Crippen LogP contribution in [0.1, 0.15) is 10.4 Å². The average molecular weight is 398 g/mol. The summed E-state index contributed by atoms with van der Waals surface area (Å²) in [7, 11) is 1.36. The van der Waals surface area contributed by atoms with Crippen molar-refractivity contribution in [2.24, 2.45) is 0 Å². The number of carbonyl (C=O) groups is 2. The molecular formula is C20H16F2N4O3. The van der Waals surface area contributed by atoms with E-state index in [1.807, 2.05) is 0 Å². The van der Waals surface area contributed by atoms with Crippen LogP contribution in [0.25, 0.3) is 11.4 Å². The van der Waals surface area contributed by atoms with Crippen LogP contribution in [0.5, 0.6) is 0 Å². The van der Waals surface area contributed by atoms with Crippen LogP contribution in [0.4, 0.5) is 14.5 Å². The summed E-state index contributed by atoms with van der Waals surface area (Å²) < 4.78 is 27.6. The molecule has 0 radical (unpaired) electrons. The van der Waals surface area contributed by atoms with Crippen molar-refractivity contribution in [1.82, 2.24) is 14.9 Å². The molecule has 0 saturated carbocycles. The molecular weight excluding hydrogens is 382 g/mol. The van der Waals surface area contributed by atoms with Gasteiger partial charge in [-0.3, -0.25) is 19.0 Å². The van der Waals surface area contributed by atoms with Crippen molar-refractivity contribution in [3.63, 3.8) is 0 Å². The van der Waals surface area contributed by atoms with E-state index in [4.69, 9.17) is 0 Å². The number of hydrogen-bond donors (Lipinski definition) is 2. The fraction of sp³-hybridized carbons (Fsp3) is 0.100. The number of carbonyl (C=O) groups excluding carboxylic acids is 2. The smallest absolute Gasteiger partial charge is 0.267 e. The number of nitrogens with zero attached hydrogens (tertiary/aromatic N) is 2. The fourth-order valence-electron chi connectivity index (χ4n) is 2.67. The summed E-state index contributed by atoms with van der Waals surface area (Å²) in [6, 6.07) is 10.4. The van der Waals surface area contributed by atoms with Crippen molar-refractivity contribution in [1.29, 1.82) is 0 Å². The molecule has 0 spiro atoms. The number of nitrogens with one attached hydrogen (secondary N) is 2. The number of benzene rings is 2. The summed E-state index contributed by atoms with van der Waals surface area (Å²) in [6.07, 6.45) is 1.10. The van der Waals surface area contributed by atoms with Gasteiger partial charge in [0.05, 0.1) is 0 Å². The van der Waals surface area contributed by atoms with Crippen LogP contribution in [-0.4, -0.2) is 28.4 Å². The molecule has 29 heavy (non-hydrogen) atoms. The van der Waals surface area contributed by atoms with E-state index in [1.165, 1.54) is 49.5 Å². The van der Waals surface area contributed by atoms with E-state index in [0.717, 1.165) is 16.8 Å². The zero-order valence-electron chi connectivity index (χ0n) is 15.3. The van der Waals surface area contributed by atoms with E-state index >= 15 is 0 Å². The summed E-state index contributed by atoms with van der Waals surface area (Å²) in [5, 5.41) is 4.81. The zero-order valence-corrected chi connectivity index (χ0v) is 15.3. The van der Waals surface area contributed by atoms with Crippen LogP contribution in [0.2, 0.25) is 0 Å². The molecule has 148 valence electrons. The largest absolute Gasteiger partial charge is 0.355 e. The normalized spacial score (nSPS) is 10.4. The van der Waals surface area contributed by atoms with Crippen molar-refractivity contribution in [3.05, 3.63) is 82.3 Å². The highest BCUT2D eigenvalue weighted by atomic mass is 19.1. The maximum absolute atomic E-state index is 13.3. The summed E-state index contributed by atoms with van der Waals surface area (Å²) in [5.74, 6) is -2.22. The van der Waals surface area contributed by atoms with E-state index in [2.05, 4.69) is 15.6 Å². The fourth-order valence-corrected chi connectivity index (χ4v) is 2.67. The van der Waals surface area contributed by atoms with Crippen LogP contribution < -0.4 is 16.2 Å². The molecule has 0 aliphatic carbocycles. The first-order valence-corrected chi connectivity index (χ1v) is 8.52. The highest BCUT2D eigenvalue weighted by Crippen LogP contribution is 2.17. The van der Waals surface area contributed by atoms with Crippen LogP contribution >= 0.6 is 0 Å². The molecule has 3 rings (SSSR count). The van der Waals surface area contributed by atoms with Gasteiger partial charge in [0.15, 0.2) is 0 Å². The quantitative estimate of drug-likeness (QED) is 0.689. The zero-order chi connectivity index (χ0) is 21.0. The molecule has 0 aliphatic heterocycles. The Morgan fingerprint density at radius 1 is 1.07 bits per heavy atom. The molecule has 0 unspecified atom stereocenters. The van der Waals surface area contributed by atoms with Crippen LogP contribution in [0, 0.1) is 11.6 Å². The number of aromatic nitrogens is 2. The predicted molar refractivity (Wildman–Crippen MR) is 102 cm³/mol. The molecule has 2 aromatic carbocycles. The van der Waals surface area contributed by atoms with Gasteiger partial charge in [-0.15, -0.1) is 0 Å². The summed E-state index contributed by atoms with van der Waals surface area (Å²) in [6.45, 7) is -0.486. The number of hydrogen-bond acceptors (Lipinski definition) is 4. The maximum atomic E-state index is 13.3. The van der Waals surface area contributed by atoms with Gasteiger partial charge in [0.25, 0.3) is 11.5 Å². The van der Waals surface area contributed by atoms with Gasteiger partial charge in [-0.25, -0.2) is 13.8 Å². The Bertz CT molecular complexity index is 1130. The molecule has 0 fully saturated rings. The highest BCUT2D eigenvalue weighted by Gasteiger charge is 2.18. The molecule has 0 bridgehead atoms. The standard InChI is InChI=1S/C20H16F2N4O3/c1-23-19(28)16-10-24-18(12-5-7-13(21)8-6-12)26(20(16)29)11-17(27)25-15-4-2-3-14(22)9-15/h2-10H,11H2,1H3,(H,23,28)(H,25,27). The molecule has 7 nitrogen and oxygen atoms in total. The van der Waals surface area contributed by atoms with Crippen molar-refractivity contribution >= 4 is 17.5 Å². The lowest BCUT2D eigenvalue weighted by atomic mass is 10.2. The Kier molecular flexibility index (Phi) is 5.77. The van der Waals surface area contributed by atoms with E-state index in [9.17, 15) is 23.2 Å². The van der Waals surface area contributed by atoms with Gasteiger partial charge in [-0.05, 0) is 42.5 Å². The molecule has 3 aromatic rings. The van der Waals surface area contributed by atoms with Crippen LogP contribution in [0.3, 0.4) is 0 Å². The lowest BCUT2D eigenvalue weighted by molar-refractivity contribution is -0.116. The molecule has 2 N–H and O–H groups in total. The average Bonchev–Trinajstić information content (AvgIpc) is 2.69. The Labute approximate surface area is 164 Å². The molecule has 1 aromatic heterocycles. The number of halogens is 2. The third kappa shape index (κ3) is 4.52. The minimum atomic E-state index is -0.743. The van der Waals surface area contributed by atoms with Crippen molar-refractivity contribution < 1.29 is 18.4 Å². The monoisotopic (exact) mass is 398 g/mol. The van der Waals surface area contributed by atoms with Crippen LogP contribution in [0.15, 0.2) is 59.5 Å². The lowest BCUT2D eigenvalue weighted by Crippen LogP contribution is -2.35. The predicted octanol–water partition coefficient (Wildman–Crippen LogP) is 2.19. The van der Waals surface area contributed by atoms with E-state index in [1.54, 1.807) is 0 Å². The Morgan fingerprint density at radius 3 is 2.45 bits per heavy atom. The Balaban J connectivity index is 2.01. The number of rotatable bonds is 5. The van der Waals surface area contributed by atoms with E-state index in [-0.39, 0.29) is 17.1 Å². The number of anilines is 1. The van der Waals surface area contributed by atoms with Gasteiger partial charge in [0.1, 0.15) is 29.6 Å². The molecule has 0 aliphatic rings. The second-order valence-electron chi connectivity index (χ2n) is 6.03. The summed E-state index contributed by atoms with van der Waals surface area (Å²) in [4.78, 5) is 41.3. The van der Waals surface area contributed by atoms with Crippen molar-refractivity contribution in [2.45, 2.75) is 6.54 Å². The molecule has 0 atom stereocenters. The van der Waals surface area contributed by atoms with Crippen LogP contribution in [-0.2, 0) is 11.3 Å². The molecule has 2 amide bonds. The minimum Gasteiger partial charge on any atom is -0.355 e.